The number of hydrogen-bond donors (Lipinski definition) is 1. The Balaban J connectivity index is 0.000000189. The Morgan fingerprint density at radius 2 is 2.11 bits per heavy atom. The number of nitriles is 1. The Hall–Kier alpha value is -2.70. The summed E-state index contributed by atoms with van der Waals surface area (Å²) in [5.74, 6) is -0.0270. The average Bonchev–Trinajstić information content (AvgIpc) is 3.26. The second-order valence-electron chi connectivity index (χ2n) is 9.36. The van der Waals surface area contributed by atoms with Crippen LogP contribution in [0.2, 0.25) is 0 Å². The van der Waals surface area contributed by atoms with Crippen molar-refractivity contribution in [3.63, 3.8) is 0 Å². The van der Waals surface area contributed by atoms with Crippen molar-refractivity contribution in [1.82, 2.24) is 14.5 Å². The second-order valence-corrected chi connectivity index (χ2v) is 10.6. The van der Waals surface area contributed by atoms with Crippen molar-refractivity contribution in [2.24, 2.45) is 5.92 Å². The minimum atomic E-state index is -0.501. The predicted molar refractivity (Wildman–Crippen MR) is 131 cm³/mol. The average molecular weight is 501 g/mol. The zero-order valence-corrected chi connectivity index (χ0v) is 20.6. The van der Waals surface area contributed by atoms with E-state index in [4.69, 9.17) is 9.68 Å². The van der Waals surface area contributed by atoms with Crippen LogP contribution in [0.15, 0.2) is 51.2 Å². The van der Waals surface area contributed by atoms with Gasteiger partial charge in [-0.1, -0.05) is 30.2 Å². The Bertz CT molecular complexity index is 1160. The zero-order chi connectivity index (χ0) is 24.8. The largest absolute Gasteiger partial charge is 0.434 e. The van der Waals surface area contributed by atoms with Gasteiger partial charge in [-0.15, -0.1) is 5.10 Å². The van der Waals surface area contributed by atoms with Crippen molar-refractivity contribution in [3.8, 4) is 6.07 Å². The minimum Gasteiger partial charge on any atom is -0.392 e. The number of hydrogen-bond acceptors (Lipinski definition) is 6. The van der Waals surface area contributed by atoms with Crippen molar-refractivity contribution in [1.29, 1.82) is 5.26 Å². The van der Waals surface area contributed by atoms with E-state index in [0.29, 0.717) is 41.6 Å². The van der Waals surface area contributed by atoms with E-state index in [9.17, 15) is 13.6 Å². The van der Waals surface area contributed by atoms with E-state index in [2.05, 4.69) is 45.7 Å². The van der Waals surface area contributed by atoms with Crippen molar-refractivity contribution in [2.75, 3.05) is 0 Å². The fourth-order valence-electron chi connectivity index (χ4n) is 4.63. The number of rotatable bonds is 5. The molecule has 2 aromatic rings. The molecule has 1 saturated heterocycles. The normalized spacial score (nSPS) is 26.2. The maximum Gasteiger partial charge on any atom is 0.434 e. The van der Waals surface area contributed by atoms with Crippen molar-refractivity contribution in [2.45, 2.75) is 75.6 Å². The van der Waals surface area contributed by atoms with Gasteiger partial charge in [0, 0.05) is 35.7 Å². The molecule has 9 heteroatoms. The van der Waals surface area contributed by atoms with E-state index in [-0.39, 0.29) is 17.6 Å². The Morgan fingerprint density at radius 1 is 1.29 bits per heavy atom. The van der Waals surface area contributed by atoms with Crippen LogP contribution in [0.1, 0.15) is 69.2 Å². The fourth-order valence-corrected chi connectivity index (χ4v) is 6.02. The molecule has 0 bridgehead atoms. The van der Waals surface area contributed by atoms with E-state index < -0.39 is 5.76 Å². The third kappa shape index (κ3) is 6.71. The molecule has 0 spiro atoms. The van der Waals surface area contributed by atoms with E-state index in [1.165, 1.54) is 23.8 Å². The summed E-state index contributed by atoms with van der Waals surface area (Å²) in [7, 11) is 0. The van der Waals surface area contributed by atoms with Gasteiger partial charge in [0.25, 0.3) is 0 Å². The van der Waals surface area contributed by atoms with Gasteiger partial charge >= 0.3 is 5.76 Å². The highest BCUT2D eigenvalue weighted by atomic mass is 32.2. The molecule has 5 rings (SSSR count). The van der Waals surface area contributed by atoms with Crippen molar-refractivity contribution >= 4 is 11.9 Å². The number of aromatic nitrogens is 2. The summed E-state index contributed by atoms with van der Waals surface area (Å²) < 4.78 is 34.2. The molecule has 3 aliphatic rings. The highest BCUT2D eigenvalue weighted by Gasteiger charge is 2.33. The molecule has 1 aromatic heterocycles. The lowest BCUT2D eigenvalue weighted by Crippen LogP contribution is -2.34. The van der Waals surface area contributed by atoms with Gasteiger partial charge in [-0.05, 0) is 75.1 Å². The van der Waals surface area contributed by atoms with Gasteiger partial charge in [-0.25, -0.2) is 23.0 Å². The molecule has 1 saturated carbocycles. The first-order valence-electron chi connectivity index (χ1n) is 12.1. The Kier molecular flexibility index (Phi) is 8.58. The van der Waals surface area contributed by atoms with E-state index >= 15 is 0 Å². The zero-order valence-electron chi connectivity index (χ0n) is 19.8. The molecule has 6 nitrogen and oxygen atoms in total. The van der Waals surface area contributed by atoms with E-state index in [1.54, 1.807) is 11.9 Å². The summed E-state index contributed by atoms with van der Waals surface area (Å²) in [6.07, 6.45) is 13.6. The monoisotopic (exact) mass is 500 g/mol. The van der Waals surface area contributed by atoms with Gasteiger partial charge in [0.15, 0.2) is 0 Å². The van der Waals surface area contributed by atoms with Crippen LogP contribution in [0.25, 0.3) is 0 Å². The van der Waals surface area contributed by atoms with Crippen LogP contribution in [0.4, 0.5) is 8.78 Å². The molecular formula is C26H30F2N4O2S. The summed E-state index contributed by atoms with van der Waals surface area (Å²) >= 11 is 1.78. The molecule has 1 N–H and O–H groups in total. The molecule has 35 heavy (non-hydrogen) atoms. The molecule has 1 unspecified atom stereocenters. The molecule has 186 valence electrons. The maximum atomic E-state index is 13.9. The summed E-state index contributed by atoms with van der Waals surface area (Å²) in [4.78, 5) is 10.6. The number of nitrogens with one attached hydrogen (secondary N) is 1. The maximum absolute atomic E-state index is 13.9. The second kappa shape index (κ2) is 11.8. The Labute approximate surface area is 208 Å². The van der Waals surface area contributed by atoms with Gasteiger partial charge in [-0.3, -0.25) is 0 Å². The number of benzene rings is 1. The molecule has 2 aliphatic carbocycles. The first-order valence-corrected chi connectivity index (χ1v) is 12.9. The van der Waals surface area contributed by atoms with Gasteiger partial charge < -0.3 is 4.42 Å². The number of halogens is 2. The molecule has 2 atom stereocenters. The molecule has 2 fully saturated rings. The van der Waals surface area contributed by atoms with Crippen molar-refractivity contribution < 1.29 is 13.2 Å². The summed E-state index contributed by atoms with van der Waals surface area (Å²) in [5, 5.41) is 14.8. The third-order valence-electron chi connectivity index (χ3n) is 6.75. The van der Waals surface area contributed by atoms with Gasteiger partial charge in [0.1, 0.15) is 11.6 Å². The van der Waals surface area contributed by atoms with E-state index in [0.717, 1.165) is 38.5 Å². The quantitative estimate of drug-likeness (QED) is 0.506. The number of nitrogens with zero attached hydrogens (tertiary/aromatic N) is 3. The molecule has 0 radical (unpaired) electrons. The number of allylic oxidation sites excluding steroid dienone is 3. The number of H-pyrrole nitrogens is 1. The minimum absolute atomic E-state index is 0.234. The summed E-state index contributed by atoms with van der Waals surface area (Å²) in [5.41, 5.74) is 1.82. The molecule has 1 aliphatic heterocycles. The predicted octanol–water partition coefficient (Wildman–Crippen LogP) is 6.01. The molecule has 1 aromatic carbocycles. The van der Waals surface area contributed by atoms with E-state index in [1.807, 2.05) is 0 Å². The Morgan fingerprint density at radius 3 is 2.80 bits per heavy atom. The number of aromatic amines is 1. The van der Waals surface area contributed by atoms with Crippen LogP contribution in [0, 0.1) is 28.9 Å². The lowest BCUT2D eigenvalue weighted by Gasteiger charge is -2.37. The van der Waals surface area contributed by atoms with Crippen LogP contribution < -0.4 is 5.76 Å². The smallest absolute Gasteiger partial charge is 0.392 e. The summed E-state index contributed by atoms with van der Waals surface area (Å²) in [6.45, 7) is 2.61. The van der Waals surface area contributed by atoms with Crippen LogP contribution in [0.5, 0.6) is 0 Å². The first-order chi connectivity index (χ1) is 16.9. The topological polar surface area (TPSA) is 85.9 Å². The molecule has 2 heterocycles. The highest BCUT2D eigenvalue weighted by molar-refractivity contribution is 7.97. The SMILES string of the molecule is C[C@H]1CCC(C2=CCCC=C2)SN1Cc1cc(F)ccc1F.N#CCC1CC(c2n[nH]c(=O)o2)C1. The van der Waals surface area contributed by atoms with Crippen LogP contribution >= 0.6 is 11.9 Å². The summed E-state index contributed by atoms with van der Waals surface area (Å²) in [6, 6.07) is 6.20. The third-order valence-corrected chi connectivity index (χ3v) is 8.27. The van der Waals surface area contributed by atoms with Crippen molar-refractivity contribution in [3.05, 3.63) is 75.6 Å². The van der Waals surface area contributed by atoms with Crippen LogP contribution in [0.3, 0.4) is 0 Å². The van der Waals surface area contributed by atoms with Crippen LogP contribution in [-0.4, -0.2) is 25.8 Å². The van der Waals surface area contributed by atoms with Gasteiger partial charge in [0.05, 0.1) is 6.07 Å². The lowest BCUT2D eigenvalue weighted by atomic mass is 9.73. The van der Waals surface area contributed by atoms with Gasteiger partial charge in [-0.2, -0.15) is 5.26 Å². The van der Waals surface area contributed by atoms with Crippen LogP contribution in [-0.2, 0) is 6.54 Å². The first kappa shape index (κ1) is 25.4. The highest BCUT2D eigenvalue weighted by Crippen LogP contribution is 2.42. The van der Waals surface area contributed by atoms with Gasteiger partial charge in [0.2, 0.25) is 5.89 Å². The standard InChI is InChI=1S/C18H21F2NS.C8H9N3O2/c1-13-7-10-18(14-5-3-2-4-6-14)22-21(13)12-15-11-16(19)8-9-17(15)20;9-2-1-5-3-6(4-5)7-10-11-8(12)13-7/h3,5-6,8-9,11,13,18H,2,4,7,10,12H2,1H3;5-6H,1,3-4H2,(H,11,12)/t13-,18?;/m0./s1. The molecule has 0 amide bonds. The fraction of sp³-hybridized carbons (Fsp3) is 0.500. The lowest BCUT2D eigenvalue weighted by molar-refractivity contribution is 0.228. The molecular weight excluding hydrogens is 470 g/mol.